The van der Waals surface area contributed by atoms with Crippen molar-refractivity contribution in [3.63, 3.8) is 0 Å². The molecule has 1 aliphatic carbocycles. The van der Waals surface area contributed by atoms with E-state index in [-0.39, 0.29) is 5.41 Å². The molecule has 3 aromatic heterocycles. The van der Waals surface area contributed by atoms with Crippen LogP contribution in [0.5, 0.6) is 10.8 Å². The maximum absolute atomic E-state index is 6.51. The van der Waals surface area contributed by atoms with Gasteiger partial charge in [0.1, 0.15) is 5.75 Å². The highest BCUT2D eigenvalue weighted by Gasteiger charge is 2.47. The maximum Gasteiger partial charge on any atom is 0.181 e. The summed E-state index contributed by atoms with van der Waals surface area (Å²) in [5.41, 5.74) is 9.89. The lowest BCUT2D eigenvalue weighted by Gasteiger charge is -2.32. The van der Waals surface area contributed by atoms with Crippen LogP contribution in [-0.4, -0.2) is 9.97 Å². The summed E-state index contributed by atoms with van der Waals surface area (Å²) in [6.45, 7) is 6.67. The van der Waals surface area contributed by atoms with Crippen LogP contribution in [0.1, 0.15) is 48.7 Å². The molecular formula is C37H30N2OS. The smallest absolute Gasteiger partial charge is 0.181 e. The van der Waals surface area contributed by atoms with Crippen LogP contribution >= 0.6 is 11.3 Å². The fraction of sp³-hybridized carbons (Fsp3) is 0.135. The first-order valence-corrected chi connectivity index (χ1v) is 14.8. The average Bonchev–Trinajstić information content (AvgIpc) is 3.59. The van der Waals surface area contributed by atoms with Gasteiger partial charge in [-0.05, 0) is 75.2 Å². The molecule has 1 aliphatic rings. The number of pyridine rings is 2. The van der Waals surface area contributed by atoms with E-state index in [9.17, 15) is 0 Å². The number of fused-ring (bicyclic) bond motifs is 3. The number of aromatic nitrogens is 2. The first-order chi connectivity index (χ1) is 19.9. The Morgan fingerprint density at radius 2 is 1.41 bits per heavy atom. The molecule has 0 saturated heterocycles. The second kappa shape index (κ2) is 9.83. The fourth-order valence-corrected chi connectivity index (χ4v) is 6.79. The molecule has 0 bridgehead atoms. The van der Waals surface area contributed by atoms with E-state index in [0.717, 1.165) is 33.3 Å². The Morgan fingerprint density at radius 1 is 0.683 bits per heavy atom. The standard InChI is InChI=1S/C37H30N2OS/c1-36(2,3)26-18-20-38-33(23-26)25-21-35(41-24-25)40-28-12-10-11-27(22-28)37(34-17-8-9-19-39-34)31-15-6-4-13-29(31)30-14-5-7-16-32(30)37/h4-24H,1-3H3. The van der Waals surface area contributed by atoms with Gasteiger partial charge in [0.15, 0.2) is 5.06 Å². The van der Waals surface area contributed by atoms with Crippen molar-refractivity contribution in [2.45, 2.75) is 31.6 Å². The van der Waals surface area contributed by atoms with Gasteiger partial charge in [-0.25, -0.2) is 0 Å². The third-order valence-electron chi connectivity index (χ3n) is 7.98. The lowest BCUT2D eigenvalue weighted by molar-refractivity contribution is 0.495. The summed E-state index contributed by atoms with van der Waals surface area (Å²) >= 11 is 1.59. The highest BCUT2D eigenvalue weighted by atomic mass is 32.1. The summed E-state index contributed by atoms with van der Waals surface area (Å²) in [4.78, 5) is 9.58. The van der Waals surface area contributed by atoms with Gasteiger partial charge in [-0.2, -0.15) is 0 Å². The number of nitrogens with zero attached hydrogens (tertiary/aromatic N) is 2. The Morgan fingerprint density at radius 3 is 2.12 bits per heavy atom. The number of hydrogen-bond acceptors (Lipinski definition) is 4. The molecule has 0 N–H and O–H groups in total. The number of ether oxygens (including phenoxy) is 1. The minimum absolute atomic E-state index is 0.0640. The minimum Gasteiger partial charge on any atom is -0.447 e. The van der Waals surface area contributed by atoms with Crippen molar-refractivity contribution in [1.82, 2.24) is 9.97 Å². The van der Waals surface area contributed by atoms with Crippen LogP contribution in [0.3, 0.4) is 0 Å². The number of thiophene rings is 1. The third kappa shape index (κ3) is 4.27. The second-order valence-electron chi connectivity index (χ2n) is 11.5. The molecular weight excluding hydrogens is 520 g/mol. The summed E-state index contributed by atoms with van der Waals surface area (Å²) in [7, 11) is 0. The molecule has 3 heterocycles. The zero-order valence-electron chi connectivity index (χ0n) is 23.3. The van der Waals surface area contributed by atoms with Gasteiger partial charge in [-0.1, -0.05) is 87.5 Å². The van der Waals surface area contributed by atoms with E-state index in [4.69, 9.17) is 9.72 Å². The van der Waals surface area contributed by atoms with E-state index in [1.807, 2.05) is 24.5 Å². The SMILES string of the molecule is CC(C)(C)c1ccnc(-c2csc(Oc3cccc(C4(c5ccccn5)c5ccccc5-c5ccccc54)c3)c2)c1. The van der Waals surface area contributed by atoms with Gasteiger partial charge in [0.05, 0.1) is 16.8 Å². The predicted octanol–water partition coefficient (Wildman–Crippen LogP) is 9.66. The van der Waals surface area contributed by atoms with Crippen molar-refractivity contribution >= 4 is 11.3 Å². The molecule has 0 aliphatic heterocycles. The largest absolute Gasteiger partial charge is 0.447 e. The number of benzene rings is 3. The van der Waals surface area contributed by atoms with E-state index >= 15 is 0 Å². The first-order valence-electron chi connectivity index (χ1n) is 13.9. The minimum atomic E-state index is -0.550. The summed E-state index contributed by atoms with van der Waals surface area (Å²) < 4.78 is 6.51. The molecule has 0 spiro atoms. The fourth-order valence-electron chi connectivity index (χ4n) is 6.02. The lowest BCUT2D eigenvalue weighted by atomic mass is 9.70. The van der Waals surface area contributed by atoms with Crippen LogP contribution in [-0.2, 0) is 10.8 Å². The van der Waals surface area contributed by atoms with Crippen LogP contribution in [0.2, 0.25) is 0 Å². The Hall–Kier alpha value is -4.54. The van der Waals surface area contributed by atoms with Gasteiger partial charge >= 0.3 is 0 Å². The van der Waals surface area contributed by atoms with E-state index in [1.54, 1.807) is 11.3 Å². The monoisotopic (exact) mass is 550 g/mol. The van der Waals surface area contributed by atoms with Crippen molar-refractivity contribution in [2.75, 3.05) is 0 Å². The van der Waals surface area contributed by atoms with Gasteiger partial charge < -0.3 is 4.74 Å². The zero-order chi connectivity index (χ0) is 28.0. The molecule has 6 aromatic rings. The highest BCUT2D eigenvalue weighted by Crippen LogP contribution is 2.55. The van der Waals surface area contributed by atoms with Crippen LogP contribution in [0, 0.1) is 0 Å². The molecule has 0 saturated carbocycles. The molecule has 3 nitrogen and oxygen atoms in total. The van der Waals surface area contributed by atoms with Gasteiger partial charge in [-0.15, -0.1) is 11.3 Å². The van der Waals surface area contributed by atoms with Crippen LogP contribution < -0.4 is 4.74 Å². The van der Waals surface area contributed by atoms with Crippen molar-refractivity contribution in [2.24, 2.45) is 0 Å². The quantitative estimate of drug-likeness (QED) is 0.214. The molecule has 0 amide bonds. The van der Waals surface area contributed by atoms with Gasteiger partial charge in [0.2, 0.25) is 0 Å². The van der Waals surface area contributed by atoms with Gasteiger partial charge in [-0.3, -0.25) is 9.97 Å². The summed E-state index contributed by atoms with van der Waals surface area (Å²) in [5, 5.41) is 2.95. The number of rotatable bonds is 5. The highest BCUT2D eigenvalue weighted by molar-refractivity contribution is 7.12. The summed E-state index contributed by atoms with van der Waals surface area (Å²) in [6, 6.07) is 38.4. The third-order valence-corrected chi connectivity index (χ3v) is 8.79. The Kier molecular flexibility index (Phi) is 6.09. The average molecular weight is 551 g/mol. The van der Waals surface area contributed by atoms with E-state index in [2.05, 4.69) is 128 Å². The van der Waals surface area contributed by atoms with Crippen molar-refractivity contribution in [3.05, 3.63) is 155 Å². The van der Waals surface area contributed by atoms with E-state index in [1.165, 1.54) is 27.8 Å². The molecule has 7 rings (SSSR count). The lowest BCUT2D eigenvalue weighted by Crippen LogP contribution is -2.29. The molecule has 3 aromatic carbocycles. The zero-order valence-corrected chi connectivity index (χ0v) is 24.2. The van der Waals surface area contributed by atoms with Crippen molar-refractivity contribution in [3.8, 4) is 33.2 Å². The molecule has 0 unspecified atom stereocenters. The molecule has 41 heavy (non-hydrogen) atoms. The van der Waals surface area contributed by atoms with E-state index < -0.39 is 5.41 Å². The van der Waals surface area contributed by atoms with E-state index in [0.29, 0.717) is 0 Å². The van der Waals surface area contributed by atoms with Crippen molar-refractivity contribution < 1.29 is 4.74 Å². The van der Waals surface area contributed by atoms with Crippen molar-refractivity contribution in [1.29, 1.82) is 0 Å². The Bertz CT molecular complexity index is 1820. The normalized spacial score (nSPS) is 13.4. The molecule has 0 atom stereocenters. The topological polar surface area (TPSA) is 35.0 Å². The Balaban J connectivity index is 1.31. The van der Waals surface area contributed by atoms with Crippen LogP contribution in [0.4, 0.5) is 0 Å². The first kappa shape index (κ1) is 25.4. The van der Waals surface area contributed by atoms with Gasteiger partial charge in [0, 0.05) is 29.4 Å². The van der Waals surface area contributed by atoms with Gasteiger partial charge in [0.25, 0.3) is 0 Å². The predicted molar refractivity (Wildman–Crippen MR) is 168 cm³/mol. The second-order valence-corrected chi connectivity index (χ2v) is 12.4. The molecule has 200 valence electrons. The number of hydrogen-bond donors (Lipinski definition) is 0. The summed E-state index contributed by atoms with van der Waals surface area (Å²) in [5.74, 6) is 0.796. The molecule has 0 radical (unpaired) electrons. The summed E-state index contributed by atoms with van der Waals surface area (Å²) in [6.07, 6.45) is 3.78. The Labute approximate surface area is 245 Å². The maximum atomic E-state index is 6.51. The van der Waals surface area contributed by atoms with Crippen LogP contribution in [0.15, 0.2) is 127 Å². The molecule has 0 fully saturated rings. The molecule has 4 heteroatoms. The van der Waals surface area contributed by atoms with Crippen LogP contribution in [0.25, 0.3) is 22.4 Å².